The predicted octanol–water partition coefficient (Wildman–Crippen LogP) is 1.87. The Balaban J connectivity index is 1.54. The van der Waals surface area contributed by atoms with E-state index in [1.807, 2.05) is 13.8 Å². The number of hydrogen-bond donors (Lipinski definition) is 2. The first-order valence-corrected chi connectivity index (χ1v) is 11.8. The van der Waals surface area contributed by atoms with Crippen molar-refractivity contribution in [3.8, 4) is 10.7 Å². The molecule has 174 valence electrons. The van der Waals surface area contributed by atoms with Crippen LogP contribution in [-0.4, -0.2) is 58.8 Å². The van der Waals surface area contributed by atoms with E-state index >= 15 is 4.39 Å². The Morgan fingerprint density at radius 2 is 2.00 bits per heavy atom. The van der Waals surface area contributed by atoms with Gasteiger partial charge in [-0.25, -0.2) is 9.78 Å². The summed E-state index contributed by atoms with van der Waals surface area (Å²) >= 11 is 1.34. The molecule has 4 unspecified atom stereocenters. The van der Waals surface area contributed by atoms with Crippen molar-refractivity contribution < 1.29 is 28.0 Å². The van der Waals surface area contributed by atoms with Crippen LogP contribution in [0.5, 0.6) is 0 Å². The Bertz CT molecular complexity index is 1430. The lowest BCUT2D eigenvalue weighted by molar-refractivity contribution is -0.160. The number of imide groups is 2. The van der Waals surface area contributed by atoms with E-state index in [9.17, 15) is 14.4 Å². The monoisotopic (exact) mass is 484 g/mol. The minimum Gasteiger partial charge on any atom is -0.363 e. The third-order valence-electron chi connectivity index (χ3n) is 8.09. The highest BCUT2D eigenvalue weighted by atomic mass is 32.1. The smallest absolute Gasteiger partial charge is 0.328 e. The summed E-state index contributed by atoms with van der Waals surface area (Å²) in [4.78, 5) is 43.2. The molecule has 0 radical (unpaired) electrons. The standard InChI is InChI=1S/C22H18FN5O5S/c1-9-7-28-8-22(28,10(2)32-9)21(18(29)25-20(31)26-19(21)30)6-11-5-12-14(17-24-3-4-34-17)27-33-16(12)13(23)15(11)28/h3-5,9-10H,6-8H2,1-2H3,(H-,25,26,29,30,31)/p+1. The molecule has 10 nitrogen and oxygen atoms in total. The molecule has 12 heteroatoms. The number of benzene rings is 1. The largest absolute Gasteiger partial charge is 0.363 e. The molecule has 0 aliphatic carbocycles. The molecule has 0 bridgehead atoms. The number of barbiturate groups is 1. The molecule has 4 aliphatic heterocycles. The molecule has 1 aromatic carbocycles. The number of rotatable bonds is 1. The molecule has 3 aromatic rings. The maximum Gasteiger partial charge on any atom is 0.328 e. The van der Waals surface area contributed by atoms with Crippen molar-refractivity contribution in [2.24, 2.45) is 5.41 Å². The van der Waals surface area contributed by atoms with Crippen LogP contribution in [0.2, 0.25) is 0 Å². The van der Waals surface area contributed by atoms with Gasteiger partial charge in [0.2, 0.25) is 16.9 Å². The number of thiazole rings is 1. The number of aromatic nitrogens is 2. The van der Waals surface area contributed by atoms with Gasteiger partial charge in [0, 0.05) is 23.6 Å². The van der Waals surface area contributed by atoms with Crippen molar-refractivity contribution >= 4 is 45.8 Å². The number of amides is 4. The van der Waals surface area contributed by atoms with Crippen molar-refractivity contribution in [1.82, 2.24) is 25.3 Å². The Labute approximate surface area is 195 Å². The molecule has 3 fully saturated rings. The topological polar surface area (TPSA) is 123 Å². The fraction of sp³-hybridized carbons (Fsp3) is 0.409. The number of nitrogens with zero attached hydrogens (tertiary/aromatic N) is 3. The second kappa shape index (κ2) is 6.06. The van der Waals surface area contributed by atoms with Crippen LogP contribution in [0.15, 0.2) is 22.2 Å². The number of carbonyl (C=O) groups is 3. The summed E-state index contributed by atoms with van der Waals surface area (Å²) in [6.45, 7) is 4.41. The zero-order valence-corrected chi connectivity index (χ0v) is 19.0. The Morgan fingerprint density at radius 1 is 1.24 bits per heavy atom. The van der Waals surface area contributed by atoms with Gasteiger partial charge in [-0.15, -0.1) is 11.3 Å². The van der Waals surface area contributed by atoms with E-state index < -0.39 is 40.7 Å². The summed E-state index contributed by atoms with van der Waals surface area (Å²) in [5.41, 5.74) is -1.34. The number of morpholine rings is 1. The van der Waals surface area contributed by atoms with E-state index in [0.717, 1.165) is 0 Å². The summed E-state index contributed by atoms with van der Waals surface area (Å²) in [5.74, 6) is -1.90. The van der Waals surface area contributed by atoms with Gasteiger partial charge in [0.25, 0.3) is 11.8 Å². The minimum absolute atomic E-state index is 0.0210. The van der Waals surface area contributed by atoms with E-state index in [-0.39, 0.29) is 22.6 Å². The maximum absolute atomic E-state index is 16.2. The third kappa shape index (κ3) is 2.02. The Morgan fingerprint density at radius 3 is 2.71 bits per heavy atom. The highest BCUT2D eigenvalue weighted by Crippen LogP contribution is 2.68. The van der Waals surface area contributed by atoms with E-state index in [1.54, 1.807) is 17.6 Å². The lowest BCUT2D eigenvalue weighted by Gasteiger charge is -2.49. The highest BCUT2D eigenvalue weighted by Gasteiger charge is 2.91. The quantitative estimate of drug-likeness (QED) is 0.307. The van der Waals surface area contributed by atoms with Crippen LogP contribution in [0.1, 0.15) is 19.4 Å². The first kappa shape index (κ1) is 20.2. The Hall–Kier alpha value is -3.22. The number of halogens is 1. The number of quaternary nitrogens is 1. The number of hydrogen-bond acceptors (Lipinski definition) is 8. The molecule has 34 heavy (non-hydrogen) atoms. The van der Waals surface area contributed by atoms with Gasteiger partial charge >= 0.3 is 6.03 Å². The molecule has 2 aromatic heterocycles. The molecule has 4 amide bonds. The molecule has 4 aliphatic rings. The summed E-state index contributed by atoms with van der Waals surface area (Å²) in [6, 6.07) is 0.894. The van der Waals surface area contributed by atoms with Crippen LogP contribution < -0.4 is 15.1 Å². The maximum atomic E-state index is 16.2. The van der Waals surface area contributed by atoms with Crippen molar-refractivity contribution in [3.05, 3.63) is 29.0 Å². The van der Waals surface area contributed by atoms with Crippen LogP contribution >= 0.6 is 11.3 Å². The van der Waals surface area contributed by atoms with E-state index in [4.69, 9.17) is 9.26 Å². The van der Waals surface area contributed by atoms with Gasteiger partial charge < -0.3 is 9.26 Å². The molecular weight excluding hydrogens is 465 g/mol. The van der Waals surface area contributed by atoms with Gasteiger partial charge in [-0.1, -0.05) is 5.16 Å². The van der Waals surface area contributed by atoms with Crippen molar-refractivity contribution in [3.63, 3.8) is 0 Å². The normalized spacial score (nSPS) is 33.2. The van der Waals surface area contributed by atoms with Crippen LogP contribution in [0.25, 0.3) is 21.7 Å². The fourth-order valence-electron chi connectivity index (χ4n) is 6.96. The van der Waals surface area contributed by atoms with Gasteiger partial charge in [0.05, 0.1) is 5.39 Å². The SMILES string of the molecule is CC1C[N+]23CC2(C(C)O1)C1(Cc2cc4c(-c5nccs5)noc4c(F)c23)C(=O)NC(=O)NC1=O. The highest BCUT2D eigenvalue weighted by molar-refractivity contribution is 7.13. The lowest BCUT2D eigenvalue weighted by atomic mass is 9.63. The van der Waals surface area contributed by atoms with Gasteiger partial charge in [0.15, 0.2) is 11.1 Å². The molecule has 2 N–H and O–H groups in total. The number of ether oxygens (including phenoxy) is 1. The van der Waals surface area contributed by atoms with Crippen LogP contribution in [0.3, 0.4) is 0 Å². The van der Waals surface area contributed by atoms with Gasteiger partial charge in [-0.2, -0.15) is 4.39 Å². The molecule has 7 rings (SSSR count). The zero-order chi connectivity index (χ0) is 23.6. The second-order valence-electron chi connectivity index (χ2n) is 9.58. The summed E-state index contributed by atoms with van der Waals surface area (Å²) < 4.78 is 27.9. The average molecular weight is 484 g/mol. The lowest BCUT2D eigenvalue weighted by Crippen LogP contribution is -2.76. The Kier molecular flexibility index (Phi) is 3.60. The first-order valence-electron chi connectivity index (χ1n) is 11.0. The van der Waals surface area contributed by atoms with Crippen molar-refractivity contribution in [2.45, 2.75) is 38.0 Å². The van der Waals surface area contributed by atoms with Gasteiger partial charge in [0.1, 0.15) is 36.0 Å². The molecular formula is C22H19FN5O5S+. The number of fused-ring (bicyclic) bond motifs is 2. The van der Waals surface area contributed by atoms with Gasteiger partial charge in [-0.05, 0) is 19.9 Å². The van der Waals surface area contributed by atoms with E-state index in [2.05, 4.69) is 20.8 Å². The second-order valence-corrected chi connectivity index (χ2v) is 10.5. The molecule has 4 atom stereocenters. The summed E-state index contributed by atoms with van der Waals surface area (Å²) in [6.07, 6.45) is 0.771. The van der Waals surface area contributed by atoms with E-state index in [1.165, 1.54) is 11.3 Å². The van der Waals surface area contributed by atoms with E-state index in [0.29, 0.717) is 40.4 Å². The summed E-state index contributed by atoms with van der Waals surface area (Å²) in [7, 11) is 0. The molecule has 3 saturated heterocycles. The van der Waals surface area contributed by atoms with Crippen molar-refractivity contribution in [2.75, 3.05) is 13.1 Å². The van der Waals surface area contributed by atoms with Crippen LogP contribution in [0, 0.1) is 11.2 Å². The number of urea groups is 1. The first-order chi connectivity index (χ1) is 16.2. The molecule has 0 saturated carbocycles. The molecule has 6 heterocycles. The van der Waals surface area contributed by atoms with Crippen LogP contribution in [0.4, 0.5) is 14.9 Å². The fourth-order valence-corrected chi connectivity index (χ4v) is 7.59. The minimum atomic E-state index is -1.63. The number of nitrogens with one attached hydrogen (secondary N) is 2. The van der Waals surface area contributed by atoms with Crippen molar-refractivity contribution in [1.29, 1.82) is 0 Å². The average Bonchev–Trinajstić information content (AvgIpc) is 3.08. The number of carbonyl (C=O) groups excluding carboxylic acids is 3. The predicted molar refractivity (Wildman–Crippen MR) is 117 cm³/mol. The van der Waals surface area contributed by atoms with Crippen LogP contribution in [-0.2, 0) is 20.7 Å². The third-order valence-corrected chi connectivity index (χ3v) is 8.87. The van der Waals surface area contributed by atoms with Gasteiger partial charge in [-0.3, -0.25) is 24.7 Å². The zero-order valence-electron chi connectivity index (χ0n) is 18.2. The molecule has 1 spiro atoms. The summed E-state index contributed by atoms with van der Waals surface area (Å²) in [5, 5.41) is 11.4.